The molecular weight excluding hydrogens is 454 g/mol. The van der Waals surface area contributed by atoms with E-state index in [2.05, 4.69) is 10.6 Å². The number of amides is 1. The van der Waals surface area contributed by atoms with Gasteiger partial charge >= 0.3 is 5.97 Å². The minimum Gasteiger partial charge on any atom is -0.478 e. The molecule has 1 aliphatic heterocycles. The van der Waals surface area contributed by atoms with Gasteiger partial charge in [-0.05, 0) is 30.7 Å². The lowest BCUT2D eigenvalue weighted by Crippen LogP contribution is -2.29. The Morgan fingerprint density at radius 2 is 1.93 bits per heavy atom. The predicted molar refractivity (Wildman–Crippen MR) is 115 cm³/mol. The summed E-state index contributed by atoms with van der Waals surface area (Å²) in [6, 6.07) is 7.87. The summed E-state index contributed by atoms with van der Waals surface area (Å²) in [6.45, 7) is 1.41. The summed E-state index contributed by atoms with van der Waals surface area (Å²) in [5.41, 5.74) is 0.346. The zero-order valence-electron chi connectivity index (χ0n) is 15.3. The van der Waals surface area contributed by atoms with Gasteiger partial charge in [0.25, 0.3) is 5.91 Å². The highest BCUT2D eigenvalue weighted by molar-refractivity contribution is 8.01. The maximum Gasteiger partial charge on any atom is 0.339 e. The number of thiophene rings is 1. The Kier molecular flexibility index (Phi) is 5.44. The van der Waals surface area contributed by atoms with Crippen LogP contribution in [0.5, 0.6) is 0 Å². The molecule has 0 aliphatic carbocycles. The third-order valence-corrected chi connectivity index (χ3v) is 6.83. The van der Waals surface area contributed by atoms with Crippen LogP contribution in [0.3, 0.4) is 0 Å². The molecule has 1 amide bonds. The number of fused-ring (bicyclic) bond motifs is 1. The Labute approximate surface area is 183 Å². The molecule has 1 atom stereocenters. The maximum absolute atomic E-state index is 14.4. The molecule has 3 aromatic rings. The molecule has 4 rings (SSSR count). The van der Waals surface area contributed by atoms with Gasteiger partial charge in [0, 0.05) is 26.4 Å². The number of hydrogen-bond acceptors (Lipinski definition) is 5. The van der Waals surface area contributed by atoms with Gasteiger partial charge in [-0.2, -0.15) is 0 Å². The highest BCUT2D eigenvalue weighted by atomic mass is 35.5. The maximum atomic E-state index is 14.4. The Balaban J connectivity index is 1.63. The summed E-state index contributed by atoms with van der Waals surface area (Å²) in [7, 11) is 0. The SMILES string of the molecule is Cc1ccc(-c2csc(NC(=O)C3Nc4cc(Cl)ccc4S3)c2C(=O)O)c(F)c1F. The van der Waals surface area contributed by atoms with Crippen LogP contribution in [0.15, 0.2) is 40.6 Å². The van der Waals surface area contributed by atoms with Gasteiger partial charge in [0.15, 0.2) is 17.0 Å². The lowest BCUT2D eigenvalue weighted by atomic mass is 10.0. The monoisotopic (exact) mass is 466 g/mol. The average Bonchev–Trinajstić information content (AvgIpc) is 3.30. The van der Waals surface area contributed by atoms with Gasteiger partial charge in [-0.15, -0.1) is 11.3 Å². The third kappa shape index (κ3) is 3.64. The van der Waals surface area contributed by atoms with Crippen LogP contribution in [0.2, 0.25) is 5.02 Å². The summed E-state index contributed by atoms with van der Waals surface area (Å²) in [5, 5.41) is 16.5. The number of aryl methyl sites for hydroxylation is 1. The first-order chi connectivity index (χ1) is 14.3. The molecule has 0 fully saturated rings. The van der Waals surface area contributed by atoms with Crippen molar-refractivity contribution in [2.45, 2.75) is 17.2 Å². The molecule has 1 unspecified atom stereocenters. The van der Waals surface area contributed by atoms with Crippen LogP contribution in [0.4, 0.5) is 19.5 Å². The van der Waals surface area contributed by atoms with Crippen molar-refractivity contribution in [1.29, 1.82) is 0 Å². The van der Waals surface area contributed by atoms with Gasteiger partial charge in [-0.1, -0.05) is 35.5 Å². The van der Waals surface area contributed by atoms with E-state index in [1.807, 2.05) is 0 Å². The van der Waals surface area contributed by atoms with Crippen LogP contribution in [-0.4, -0.2) is 22.4 Å². The van der Waals surface area contributed by atoms with E-state index in [9.17, 15) is 23.5 Å². The zero-order valence-corrected chi connectivity index (χ0v) is 17.6. The first-order valence-electron chi connectivity index (χ1n) is 8.59. The van der Waals surface area contributed by atoms with E-state index in [-0.39, 0.29) is 27.3 Å². The Bertz CT molecular complexity index is 1200. The molecule has 10 heteroatoms. The first kappa shape index (κ1) is 20.6. The van der Waals surface area contributed by atoms with Crippen LogP contribution in [-0.2, 0) is 4.79 Å². The number of carbonyl (C=O) groups excluding carboxylic acids is 1. The van der Waals surface area contributed by atoms with E-state index in [1.54, 1.807) is 18.2 Å². The Hall–Kier alpha value is -2.62. The van der Waals surface area contributed by atoms with Gasteiger partial charge in [0.05, 0.1) is 5.69 Å². The number of aromatic carboxylic acids is 1. The van der Waals surface area contributed by atoms with E-state index in [0.29, 0.717) is 10.7 Å². The van der Waals surface area contributed by atoms with Crippen LogP contribution < -0.4 is 10.6 Å². The second-order valence-corrected chi connectivity index (χ2v) is 8.95. The minimum atomic E-state index is -1.36. The quantitative estimate of drug-likeness (QED) is 0.450. The second-order valence-electron chi connectivity index (χ2n) is 6.49. The van der Waals surface area contributed by atoms with Crippen molar-refractivity contribution in [3.05, 3.63) is 63.5 Å². The molecule has 0 spiro atoms. The van der Waals surface area contributed by atoms with Gasteiger partial charge in [0.2, 0.25) is 0 Å². The largest absolute Gasteiger partial charge is 0.478 e. The fraction of sp³-hybridized carbons (Fsp3) is 0.100. The number of halogens is 3. The highest BCUT2D eigenvalue weighted by Gasteiger charge is 2.30. The van der Waals surface area contributed by atoms with Crippen LogP contribution in [0, 0.1) is 18.6 Å². The number of carboxylic acid groups (broad SMARTS) is 1. The molecule has 5 nitrogen and oxygen atoms in total. The topological polar surface area (TPSA) is 78.4 Å². The number of carboxylic acids is 1. The third-order valence-electron chi connectivity index (χ3n) is 4.52. The van der Waals surface area contributed by atoms with E-state index in [0.717, 1.165) is 16.2 Å². The normalized spacial score (nSPS) is 14.9. The van der Waals surface area contributed by atoms with Crippen molar-refractivity contribution in [3.8, 4) is 11.1 Å². The van der Waals surface area contributed by atoms with E-state index >= 15 is 0 Å². The van der Waals surface area contributed by atoms with E-state index in [4.69, 9.17) is 11.6 Å². The first-order valence-corrected chi connectivity index (χ1v) is 10.7. The molecule has 0 bridgehead atoms. The number of thioether (sulfide) groups is 1. The molecule has 2 aromatic carbocycles. The zero-order chi connectivity index (χ0) is 21.6. The molecule has 0 saturated carbocycles. The summed E-state index contributed by atoms with van der Waals surface area (Å²) in [5.74, 6) is -4.00. The smallest absolute Gasteiger partial charge is 0.339 e. The van der Waals surface area contributed by atoms with E-state index in [1.165, 1.54) is 36.2 Å². The lowest BCUT2D eigenvalue weighted by molar-refractivity contribution is -0.115. The summed E-state index contributed by atoms with van der Waals surface area (Å²) < 4.78 is 28.4. The lowest BCUT2D eigenvalue weighted by Gasteiger charge is -2.11. The fourth-order valence-electron chi connectivity index (χ4n) is 3.03. The number of carbonyl (C=O) groups is 2. The molecule has 30 heavy (non-hydrogen) atoms. The van der Waals surface area contributed by atoms with Gasteiger partial charge < -0.3 is 15.7 Å². The van der Waals surface area contributed by atoms with Crippen molar-refractivity contribution in [1.82, 2.24) is 0 Å². The Morgan fingerprint density at radius 1 is 1.17 bits per heavy atom. The van der Waals surface area contributed by atoms with Crippen molar-refractivity contribution in [2.24, 2.45) is 0 Å². The molecule has 154 valence electrons. The number of benzene rings is 2. The molecule has 1 aliphatic rings. The van der Waals surface area contributed by atoms with Gasteiger partial charge in [0.1, 0.15) is 10.6 Å². The fourth-order valence-corrected chi connectivity index (χ4v) is 5.15. The molecule has 0 saturated heterocycles. The van der Waals surface area contributed by atoms with Crippen molar-refractivity contribution in [3.63, 3.8) is 0 Å². The molecule has 3 N–H and O–H groups in total. The summed E-state index contributed by atoms with van der Waals surface area (Å²) >= 11 is 8.15. The van der Waals surface area contributed by atoms with Crippen LogP contribution >= 0.6 is 34.7 Å². The van der Waals surface area contributed by atoms with Crippen molar-refractivity contribution in [2.75, 3.05) is 10.6 Å². The summed E-state index contributed by atoms with van der Waals surface area (Å²) in [4.78, 5) is 25.4. The number of anilines is 2. The second kappa shape index (κ2) is 7.90. The number of rotatable bonds is 4. The van der Waals surface area contributed by atoms with Crippen LogP contribution in [0.1, 0.15) is 15.9 Å². The Morgan fingerprint density at radius 3 is 2.67 bits per heavy atom. The number of nitrogens with one attached hydrogen (secondary N) is 2. The minimum absolute atomic E-state index is 0.00121. The van der Waals surface area contributed by atoms with Crippen LogP contribution in [0.25, 0.3) is 11.1 Å². The molecular formula is C20H13ClF2N2O3S2. The van der Waals surface area contributed by atoms with Gasteiger partial charge in [-0.25, -0.2) is 13.6 Å². The predicted octanol–water partition coefficient (Wildman–Crippen LogP) is 5.84. The molecule has 0 radical (unpaired) electrons. The number of hydrogen-bond donors (Lipinski definition) is 3. The van der Waals surface area contributed by atoms with Crippen molar-refractivity contribution < 1.29 is 23.5 Å². The van der Waals surface area contributed by atoms with E-state index < -0.39 is 28.9 Å². The molecule has 2 heterocycles. The van der Waals surface area contributed by atoms with Gasteiger partial charge in [-0.3, -0.25) is 4.79 Å². The average molecular weight is 467 g/mol. The standard InChI is InChI=1S/C20H13ClF2N2O3S2/c1-8-2-4-10(16(23)15(8)22)11-7-29-18(14(11)20(27)28)25-17(26)19-24-12-6-9(21)3-5-13(12)30-19/h2-7,19,24H,1H3,(H,25,26)(H,27,28). The highest BCUT2D eigenvalue weighted by Crippen LogP contribution is 2.41. The molecule has 1 aromatic heterocycles. The van der Waals surface area contributed by atoms with Crippen molar-refractivity contribution >= 4 is 57.3 Å². The summed E-state index contributed by atoms with van der Waals surface area (Å²) in [6.07, 6.45) is 0.